The third-order valence-electron chi connectivity index (χ3n) is 2.41. The fraction of sp³-hybridized carbons (Fsp3) is 0.200. The van der Waals surface area contributed by atoms with Crippen molar-refractivity contribution in [2.24, 2.45) is 5.73 Å². The highest BCUT2D eigenvalue weighted by Gasteiger charge is 2.17. The van der Waals surface area contributed by atoms with Gasteiger partial charge < -0.3 is 16.8 Å². The van der Waals surface area contributed by atoms with Crippen molar-refractivity contribution in [1.82, 2.24) is 20.0 Å². The first-order chi connectivity index (χ1) is 9.01. The van der Waals surface area contributed by atoms with Gasteiger partial charge in [0.1, 0.15) is 11.5 Å². The summed E-state index contributed by atoms with van der Waals surface area (Å²) >= 11 is 0. The molecular formula is C10H13N7O2. The second-order valence-corrected chi connectivity index (χ2v) is 3.77. The van der Waals surface area contributed by atoms with Crippen LogP contribution < -0.4 is 16.8 Å². The van der Waals surface area contributed by atoms with E-state index in [2.05, 4.69) is 20.6 Å². The molecule has 0 aromatic carbocycles. The number of anilines is 2. The van der Waals surface area contributed by atoms with Gasteiger partial charge in [-0.3, -0.25) is 19.4 Å². The molecule has 0 atom stereocenters. The number of aryl methyl sites for hydroxylation is 1. The molecule has 0 fully saturated rings. The van der Waals surface area contributed by atoms with Gasteiger partial charge in [-0.25, -0.2) is 0 Å². The number of nitrogens with zero attached hydrogens (tertiary/aromatic N) is 3. The van der Waals surface area contributed by atoms with Crippen LogP contribution in [0, 0.1) is 0 Å². The van der Waals surface area contributed by atoms with Crippen molar-refractivity contribution in [3.63, 3.8) is 0 Å². The fourth-order valence-corrected chi connectivity index (χ4v) is 1.50. The first kappa shape index (κ1) is 12.6. The molecule has 0 radical (unpaired) electrons. The van der Waals surface area contributed by atoms with Crippen LogP contribution in [0.4, 0.5) is 11.5 Å². The Kier molecular flexibility index (Phi) is 3.19. The van der Waals surface area contributed by atoms with E-state index in [9.17, 15) is 9.59 Å². The molecule has 0 saturated heterocycles. The summed E-state index contributed by atoms with van der Waals surface area (Å²) in [7, 11) is 0. The third kappa shape index (κ3) is 2.54. The number of primary amides is 1. The van der Waals surface area contributed by atoms with E-state index in [4.69, 9.17) is 11.5 Å². The predicted molar refractivity (Wildman–Crippen MR) is 67.4 cm³/mol. The maximum Gasteiger partial charge on any atom is 0.273 e. The molecule has 2 heterocycles. The normalized spacial score (nSPS) is 10.4. The molecule has 0 aliphatic rings. The molecule has 0 bridgehead atoms. The molecule has 0 saturated carbocycles. The van der Waals surface area contributed by atoms with Gasteiger partial charge in [-0.15, -0.1) is 0 Å². The van der Waals surface area contributed by atoms with E-state index in [1.807, 2.05) is 6.92 Å². The minimum atomic E-state index is -0.716. The predicted octanol–water partition coefficient (Wildman–Crippen LogP) is -0.440. The van der Waals surface area contributed by atoms with Crippen molar-refractivity contribution in [1.29, 1.82) is 0 Å². The van der Waals surface area contributed by atoms with Gasteiger partial charge >= 0.3 is 0 Å². The number of carbonyl (C=O) groups excluding carboxylic acids is 2. The molecule has 0 spiro atoms. The minimum absolute atomic E-state index is 0.00249. The summed E-state index contributed by atoms with van der Waals surface area (Å²) in [6.45, 7) is 2.39. The van der Waals surface area contributed by atoms with Gasteiger partial charge in [0.25, 0.3) is 11.8 Å². The van der Waals surface area contributed by atoms with Crippen molar-refractivity contribution in [2.75, 3.05) is 11.1 Å². The average molecular weight is 263 g/mol. The van der Waals surface area contributed by atoms with Crippen molar-refractivity contribution >= 4 is 23.3 Å². The van der Waals surface area contributed by atoms with E-state index >= 15 is 0 Å². The molecule has 6 N–H and O–H groups in total. The van der Waals surface area contributed by atoms with Gasteiger partial charge in [0.15, 0.2) is 5.69 Å². The Morgan fingerprint density at radius 1 is 1.53 bits per heavy atom. The first-order valence-corrected chi connectivity index (χ1v) is 5.50. The largest absolute Gasteiger partial charge is 0.382 e. The zero-order valence-corrected chi connectivity index (χ0v) is 10.2. The van der Waals surface area contributed by atoms with E-state index < -0.39 is 11.8 Å². The summed E-state index contributed by atoms with van der Waals surface area (Å²) < 4.78 is 1.50. The second-order valence-electron chi connectivity index (χ2n) is 3.77. The first-order valence-electron chi connectivity index (χ1n) is 5.50. The van der Waals surface area contributed by atoms with Gasteiger partial charge in [-0.2, -0.15) is 10.2 Å². The Morgan fingerprint density at radius 2 is 2.26 bits per heavy atom. The Bertz CT molecular complexity index is 628. The summed E-state index contributed by atoms with van der Waals surface area (Å²) in [6, 6.07) is 1.38. The molecule has 100 valence electrons. The van der Waals surface area contributed by atoms with E-state index in [0.717, 1.165) is 0 Å². The number of nitrogen functional groups attached to an aromatic ring is 1. The summed E-state index contributed by atoms with van der Waals surface area (Å²) in [5.74, 6) is -1.00. The molecular weight excluding hydrogens is 250 g/mol. The lowest BCUT2D eigenvalue weighted by Crippen LogP contribution is -2.18. The number of aromatic nitrogens is 4. The molecule has 2 amide bonds. The number of nitrogens with one attached hydrogen (secondary N) is 2. The van der Waals surface area contributed by atoms with Gasteiger partial charge in [-0.1, -0.05) is 0 Å². The van der Waals surface area contributed by atoms with Crippen LogP contribution in [0.2, 0.25) is 0 Å². The zero-order valence-electron chi connectivity index (χ0n) is 10.2. The number of rotatable bonds is 4. The van der Waals surface area contributed by atoms with Gasteiger partial charge in [0.2, 0.25) is 0 Å². The van der Waals surface area contributed by atoms with Crippen LogP contribution in [0.1, 0.15) is 27.9 Å². The summed E-state index contributed by atoms with van der Waals surface area (Å²) in [6.07, 6.45) is 1.53. The SMILES string of the molecule is CCn1cc(NC(=O)c2cc(N)n[nH]2)c(C(N)=O)n1. The van der Waals surface area contributed by atoms with Gasteiger partial charge in [0.05, 0.1) is 5.69 Å². The summed E-state index contributed by atoms with van der Waals surface area (Å²) in [5, 5.41) is 12.6. The van der Waals surface area contributed by atoms with Crippen LogP contribution >= 0.6 is 0 Å². The molecule has 9 heteroatoms. The van der Waals surface area contributed by atoms with E-state index in [1.54, 1.807) is 0 Å². The minimum Gasteiger partial charge on any atom is -0.382 e. The van der Waals surface area contributed by atoms with Crippen molar-refractivity contribution in [3.8, 4) is 0 Å². The number of amides is 2. The number of carbonyl (C=O) groups is 2. The maximum absolute atomic E-state index is 11.9. The molecule has 2 rings (SSSR count). The highest BCUT2D eigenvalue weighted by Crippen LogP contribution is 2.14. The number of H-pyrrole nitrogens is 1. The van der Waals surface area contributed by atoms with Crippen LogP contribution in [0.25, 0.3) is 0 Å². The van der Waals surface area contributed by atoms with Crippen LogP contribution in [-0.2, 0) is 6.54 Å². The average Bonchev–Trinajstić information content (AvgIpc) is 2.95. The van der Waals surface area contributed by atoms with Crippen molar-refractivity contribution < 1.29 is 9.59 Å². The number of nitrogens with two attached hydrogens (primary N) is 2. The molecule has 0 aliphatic carbocycles. The lowest BCUT2D eigenvalue weighted by molar-refractivity contribution is 0.0995. The fourth-order valence-electron chi connectivity index (χ4n) is 1.50. The quantitative estimate of drug-likeness (QED) is 0.590. The Balaban J connectivity index is 2.25. The summed E-state index contributed by atoms with van der Waals surface area (Å²) in [4.78, 5) is 23.1. The topological polar surface area (TPSA) is 145 Å². The van der Waals surface area contributed by atoms with Gasteiger partial charge in [-0.05, 0) is 6.92 Å². The number of hydrogen-bond donors (Lipinski definition) is 4. The Morgan fingerprint density at radius 3 is 2.79 bits per heavy atom. The molecule has 19 heavy (non-hydrogen) atoms. The lowest BCUT2D eigenvalue weighted by Gasteiger charge is -2.00. The monoisotopic (exact) mass is 263 g/mol. The smallest absolute Gasteiger partial charge is 0.273 e. The highest BCUT2D eigenvalue weighted by molar-refractivity contribution is 6.07. The van der Waals surface area contributed by atoms with Crippen LogP contribution in [-0.4, -0.2) is 31.8 Å². The molecule has 2 aromatic heterocycles. The van der Waals surface area contributed by atoms with E-state index in [-0.39, 0.29) is 22.9 Å². The number of hydrogen-bond acceptors (Lipinski definition) is 5. The molecule has 2 aromatic rings. The van der Waals surface area contributed by atoms with Crippen LogP contribution in [0.3, 0.4) is 0 Å². The van der Waals surface area contributed by atoms with Crippen molar-refractivity contribution in [2.45, 2.75) is 13.5 Å². The Hall–Kier alpha value is -2.84. The van der Waals surface area contributed by atoms with Gasteiger partial charge in [0, 0.05) is 18.8 Å². The van der Waals surface area contributed by atoms with Crippen molar-refractivity contribution in [3.05, 3.63) is 23.7 Å². The third-order valence-corrected chi connectivity index (χ3v) is 2.41. The van der Waals surface area contributed by atoms with Crippen LogP contribution in [0.5, 0.6) is 0 Å². The zero-order chi connectivity index (χ0) is 14.0. The van der Waals surface area contributed by atoms with E-state index in [0.29, 0.717) is 6.54 Å². The molecule has 0 aliphatic heterocycles. The standard InChI is InChI=1S/C10H13N7O2/c1-2-17-4-6(8(16-17)9(12)18)13-10(19)5-3-7(11)15-14-5/h3-4H,2H2,1H3,(H2,12,18)(H,13,19)(H3,11,14,15). The van der Waals surface area contributed by atoms with E-state index in [1.165, 1.54) is 16.9 Å². The molecule has 0 unspecified atom stereocenters. The lowest BCUT2D eigenvalue weighted by atomic mass is 10.3. The maximum atomic E-state index is 11.9. The highest BCUT2D eigenvalue weighted by atomic mass is 16.2. The molecule has 9 nitrogen and oxygen atoms in total. The Labute approximate surface area is 108 Å². The number of aromatic amines is 1. The summed E-state index contributed by atoms with van der Waals surface area (Å²) in [5.41, 5.74) is 11.0. The second kappa shape index (κ2) is 4.80. The van der Waals surface area contributed by atoms with Crippen LogP contribution in [0.15, 0.2) is 12.3 Å².